The van der Waals surface area contributed by atoms with Gasteiger partial charge in [-0.1, -0.05) is 0 Å². The number of halogens is 1. The second kappa shape index (κ2) is 4.88. The van der Waals surface area contributed by atoms with E-state index < -0.39 is 16.6 Å². The zero-order valence-corrected chi connectivity index (χ0v) is 9.54. The zero-order valence-electron chi connectivity index (χ0n) is 8.73. The Kier molecular flexibility index (Phi) is 3.50. The van der Waals surface area contributed by atoms with Crippen LogP contribution in [0.2, 0.25) is 0 Å². The molecular formula is C10H13FN2O2S. The summed E-state index contributed by atoms with van der Waals surface area (Å²) in [4.78, 5) is 5.93. The highest BCUT2D eigenvalue weighted by molar-refractivity contribution is 7.85. The second-order valence-corrected chi connectivity index (χ2v) is 5.33. The van der Waals surface area contributed by atoms with Crippen LogP contribution in [0, 0.1) is 5.82 Å². The highest BCUT2D eigenvalue weighted by atomic mass is 32.2. The third-order valence-corrected chi connectivity index (χ3v) is 3.83. The van der Waals surface area contributed by atoms with Crippen LogP contribution >= 0.6 is 0 Å². The quantitative estimate of drug-likeness (QED) is 0.812. The molecule has 0 radical (unpaired) electrons. The van der Waals surface area contributed by atoms with E-state index in [9.17, 15) is 8.60 Å². The van der Waals surface area contributed by atoms with Crippen LogP contribution in [-0.4, -0.2) is 38.9 Å². The lowest BCUT2D eigenvalue weighted by Gasteiger charge is -2.28. The Morgan fingerprint density at radius 2 is 2.19 bits per heavy atom. The molecule has 0 spiro atoms. The summed E-state index contributed by atoms with van der Waals surface area (Å²) in [6.07, 6.45) is 1.14. The lowest BCUT2D eigenvalue weighted by atomic mass is 10.2. The molecule has 16 heavy (non-hydrogen) atoms. The summed E-state index contributed by atoms with van der Waals surface area (Å²) in [6.45, 7) is 1.04. The van der Waals surface area contributed by atoms with Crippen LogP contribution in [0.3, 0.4) is 0 Å². The number of aliphatic hydroxyl groups is 1. The van der Waals surface area contributed by atoms with E-state index in [4.69, 9.17) is 5.11 Å². The largest absolute Gasteiger partial charge is 0.392 e. The van der Waals surface area contributed by atoms with Gasteiger partial charge in [-0.25, -0.2) is 9.37 Å². The van der Waals surface area contributed by atoms with Gasteiger partial charge in [0.2, 0.25) is 0 Å². The molecule has 0 aliphatic carbocycles. The first-order valence-corrected chi connectivity index (χ1v) is 6.54. The first kappa shape index (κ1) is 11.5. The van der Waals surface area contributed by atoms with Gasteiger partial charge in [-0.2, -0.15) is 0 Å². The molecule has 1 saturated heterocycles. The molecular weight excluding hydrogens is 231 g/mol. The monoisotopic (exact) mass is 244 g/mol. The topological polar surface area (TPSA) is 53.4 Å². The molecule has 0 saturated carbocycles. The van der Waals surface area contributed by atoms with Crippen LogP contribution in [-0.2, 0) is 17.4 Å². The molecule has 1 fully saturated rings. The van der Waals surface area contributed by atoms with Crippen molar-refractivity contribution in [2.24, 2.45) is 0 Å². The van der Waals surface area contributed by atoms with Gasteiger partial charge in [0.1, 0.15) is 11.6 Å². The van der Waals surface area contributed by atoms with Crippen LogP contribution in [0.1, 0.15) is 5.56 Å². The van der Waals surface area contributed by atoms with Gasteiger partial charge in [0.15, 0.2) is 0 Å². The fraction of sp³-hybridized carbons (Fsp3) is 0.500. The Balaban J connectivity index is 2.22. The number of hydrogen-bond acceptors (Lipinski definition) is 4. The van der Waals surface area contributed by atoms with E-state index in [2.05, 4.69) is 4.98 Å². The highest BCUT2D eigenvalue weighted by Crippen LogP contribution is 2.19. The van der Waals surface area contributed by atoms with E-state index in [1.165, 1.54) is 6.07 Å². The summed E-state index contributed by atoms with van der Waals surface area (Å²) in [6, 6.07) is 1.29. The van der Waals surface area contributed by atoms with E-state index in [1.807, 2.05) is 4.90 Å². The van der Waals surface area contributed by atoms with Crippen LogP contribution < -0.4 is 4.90 Å². The van der Waals surface area contributed by atoms with Crippen LogP contribution in [0.25, 0.3) is 0 Å². The molecule has 0 bridgehead atoms. The maximum atomic E-state index is 12.9. The number of nitrogens with zero attached hydrogens (tertiary/aromatic N) is 2. The Morgan fingerprint density at radius 3 is 2.81 bits per heavy atom. The molecule has 2 heterocycles. The maximum absolute atomic E-state index is 12.9. The predicted octanol–water partition coefficient (Wildman–Crippen LogP) is 0.282. The Bertz CT molecular complexity index is 404. The smallest absolute Gasteiger partial charge is 0.142 e. The van der Waals surface area contributed by atoms with Gasteiger partial charge in [0.05, 0.1) is 12.8 Å². The fourth-order valence-electron chi connectivity index (χ4n) is 1.72. The molecule has 4 nitrogen and oxygen atoms in total. The number of aliphatic hydroxyl groups excluding tert-OH is 1. The summed E-state index contributed by atoms with van der Waals surface area (Å²) in [5, 5.41) is 9.13. The van der Waals surface area contributed by atoms with Gasteiger partial charge in [-0.05, 0) is 6.07 Å². The summed E-state index contributed by atoms with van der Waals surface area (Å²) in [5.41, 5.74) is 0.479. The van der Waals surface area contributed by atoms with Crippen LogP contribution in [0.5, 0.6) is 0 Å². The molecule has 1 aromatic heterocycles. The number of hydrogen-bond donors (Lipinski definition) is 1. The SMILES string of the molecule is O=S1CCN(c2ncc(F)cc2CO)CC1. The number of aromatic nitrogens is 1. The minimum atomic E-state index is -0.754. The molecule has 0 amide bonds. The fourth-order valence-corrected chi connectivity index (χ4v) is 2.78. The molecule has 88 valence electrons. The summed E-state index contributed by atoms with van der Waals surface area (Å²) < 4.78 is 24.1. The molecule has 0 atom stereocenters. The van der Waals surface area contributed by atoms with Gasteiger partial charge in [-0.3, -0.25) is 4.21 Å². The van der Waals surface area contributed by atoms with Crippen molar-refractivity contribution in [2.75, 3.05) is 29.5 Å². The van der Waals surface area contributed by atoms with E-state index in [-0.39, 0.29) is 6.61 Å². The van der Waals surface area contributed by atoms with Crippen molar-refractivity contribution < 1.29 is 13.7 Å². The van der Waals surface area contributed by atoms with Gasteiger partial charge < -0.3 is 10.0 Å². The highest BCUT2D eigenvalue weighted by Gasteiger charge is 2.19. The first-order chi connectivity index (χ1) is 7.70. The number of rotatable bonds is 2. The lowest BCUT2D eigenvalue weighted by molar-refractivity contribution is 0.281. The molecule has 0 aromatic carbocycles. The van der Waals surface area contributed by atoms with Gasteiger partial charge >= 0.3 is 0 Å². The minimum Gasteiger partial charge on any atom is -0.392 e. The molecule has 0 unspecified atom stereocenters. The third kappa shape index (κ3) is 2.38. The third-order valence-electron chi connectivity index (χ3n) is 2.56. The van der Waals surface area contributed by atoms with E-state index in [0.29, 0.717) is 36.0 Å². The zero-order chi connectivity index (χ0) is 11.5. The van der Waals surface area contributed by atoms with E-state index in [1.54, 1.807) is 0 Å². The first-order valence-electron chi connectivity index (χ1n) is 5.06. The Hall–Kier alpha value is -1.01. The van der Waals surface area contributed by atoms with Crippen LogP contribution in [0.15, 0.2) is 12.3 Å². The lowest BCUT2D eigenvalue weighted by Crippen LogP contribution is -2.38. The standard InChI is InChI=1S/C10H13FN2O2S/c11-9-5-8(7-14)10(12-6-9)13-1-3-16(15)4-2-13/h5-6,14H,1-4,7H2. The van der Waals surface area contributed by atoms with E-state index >= 15 is 0 Å². The number of anilines is 1. The van der Waals surface area contributed by atoms with Gasteiger partial charge in [0, 0.05) is 41.0 Å². The molecule has 1 aliphatic heterocycles. The van der Waals surface area contributed by atoms with Crippen molar-refractivity contribution in [3.05, 3.63) is 23.6 Å². The van der Waals surface area contributed by atoms with Crippen molar-refractivity contribution in [1.29, 1.82) is 0 Å². The van der Waals surface area contributed by atoms with Crippen molar-refractivity contribution in [3.63, 3.8) is 0 Å². The number of pyridine rings is 1. The summed E-state index contributed by atoms with van der Waals surface area (Å²) in [7, 11) is -0.754. The van der Waals surface area contributed by atoms with Crippen LogP contribution in [0.4, 0.5) is 10.2 Å². The normalized spacial score (nSPS) is 17.8. The summed E-state index contributed by atoms with van der Waals surface area (Å²) >= 11 is 0. The Labute approximate surface area is 95.6 Å². The average Bonchev–Trinajstić information content (AvgIpc) is 2.30. The van der Waals surface area contributed by atoms with E-state index in [0.717, 1.165) is 6.20 Å². The maximum Gasteiger partial charge on any atom is 0.142 e. The van der Waals surface area contributed by atoms with Gasteiger partial charge in [-0.15, -0.1) is 0 Å². The molecule has 1 aliphatic rings. The summed E-state index contributed by atoms with van der Waals surface area (Å²) in [5.74, 6) is 1.35. The van der Waals surface area contributed by atoms with Crippen molar-refractivity contribution >= 4 is 16.6 Å². The molecule has 2 rings (SSSR count). The Morgan fingerprint density at radius 1 is 1.50 bits per heavy atom. The van der Waals surface area contributed by atoms with Crippen molar-refractivity contribution in [3.8, 4) is 0 Å². The van der Waals surface area contributed by atoms with Gasteiger partial charge in [0.25, 0.3) is 0 Å². The predicted molar refractivity (Wildman–Crippen MR) is 60.2 cm³/mol. The van der Waals surface area contributed by atoms with Crippen molar-refractivity contribution in [1.82, 2.24) is 4.98 Å². The molecule has 6 heteroatoms. The van der Waals surface area contributed by atoms with Crippen molar-refractivity contribution in [2.45, 2.75) is 6.61 Å². The minimum absolute atomic E-state index is 0.236. The molecule has 1 N–H and O–H groups in total. The molecule has 1 aromatic rings. The second-order valence-electron chi connectivity index (χ2n) is 3.63. The average molecular weight is 244 g/mol.